The molecule has 27 heavy (non-hydrogen) atoms. The third kappa shape index (κ3) is 10.6. The molecule has 3 N–H and O–H groups in total. The fraction of sp³-hybridized carbons (Fsp3) is 0.632. The molecular weight excluding hydrogens is 352 g/mol. The van der Waals surface area contributed by atoms with Gasteiger partial charge in [0.15, 0.2) is 11.5 Å². The largest absolute Gasteiger partial charge is 0.488 e. The number of ether oxygens (including phenoxy) is 4. The Kier molecular flexibility index (Phi) is 9.92. The molecule has 0 spiro atoms. The van der Waals surface area contributed by atoms with Crippen molar-refractivity contribution in [2.75, 3.05) is 32.9 Å². The van der Waals surface area contributed by atoms with Crippen molar-refractivity contribution in [1.29, 1.82) is 0 Å². The molecule has 0 aromatic heterocycles. The van der Waals surface area contributed by atoms with Crippen LogP contribution in [-0.4, -0.2) is 56.1 Å². The van der Waals surface area contributed by atoms with Gasteiger partial charge in [0.05, 0.1) is 6.54 Å². The van der Waals surface area contributed by atoms with E-state index in [1.807, 2.05) is 25.1 Å². The summed E-state index contributed by atoms with van der Waals surface area (Å²) in [5.41, 5.74) is 0.499. The first kappa shape index (κ1) is 23.0. The number of aliphatic hydroxyl groups is 1. The minimum Gasteiger partial charge on any atom is -0.488 e. The van der Waals surface area contributed by atoms with Gasteiger partial charge in [0.1, 0.15) is 18.8 Å². The SMILES string of the molecule is CCOC(O)NCCOc1cc(C)ccc1OCCNC(=O)OC(C)(C)C. The van der Waals surface area contributed by atoms with Crippen LogP contribution in [0.2, 0.25) is 0 Å². The molecule has 0 fully saturated rings. The Bertz CT molecular complexity index is 574. The predicted octanol–water partition coefficient (Wildman–Crippen LogP) is 2.18. The van der Waals surface area contributed by atoms with Gasteiger partial charge in [0.2, 0.25) is 6.41 Å². The maximum absolute atomic E-state index is 11.6. The number of aryl methyl sites for hydroxylation is 1. The van der Waals surface area contributed by atoms with Crippen LogP contribution in [0.1, 0.15) is 33.3 Å². The Morgan fingerprint density at radius 3 is 2.48 bits per heavy atom. The second-order valence-electron chi connectivity index (χ2n) is 6.84. The zero-order chi connectivity index (χ0) is 20.3. The first-order chi connectivity index (χ1) is 12.7. The second-order valence-corrected chi connectivity index (χ2v) is 6.84. The summed E-state index contributed by atoms with van der Waals surface area (Å²) in [5, 5.41) is 14.9. The fourth-order valence-corrected chi connectivity index (χ4v) is 2.04. The Hall–Kier alpha value is -2.03. The van der Waals surface area contributed by atoms with E-state index in [0.717, 1.165) is 5.56 Å². The van der Waals surface area contributed by atoms with E-state index in [2.05, 4.69) is 10.6 Å². The Labute approximate surface area is 161 Å². The Morgan fingerprint density at radius 2 is 1.81 bits per heavy atom. The van der Waals surface area contributed by atoms with Crippen LogP contribution >= 0.6 is 0 Å². The van der Waals surface area contributed by atoms with Gasteiger partial charge in [-0.2, -0.15) is 0 Å². The number of carbonyl (C=O) groups excluding carboxylic acids is 1. The Balaban J connectivity index is 2.41. The topological polar surface area (TPSA) is 98.3 Å². The van der Waals surface area contributed by atoms with E-state index in [1.165, 1.54) is 0 Å². The Morgan fingerprint density at radius 1 is 1.15 bits per heavy atom. The monoisotopic (exact) mass is 384 g/mol. The van der Waals surface area contributed by atoms with Gasteiger partial charge >= 0.3 is 6.09 Å². The van der Waals surface area contributed by atoms with Crippen LogP contribution in [-0.2, 0) is 9.47 Å². The van der Waals surface area contributed by atoms with Crippen LogP contribution in [0.25, 0.3) is 0 Å². The summed E-state index contributed by atoms with van der Waals surface area (Å²) >= 11 is 0. The number of aliphatic hydroxyl groups excluding tert-OH is 1. The highest BCUT2D eigenvalue weighted by Gasteiger charge is 2.15. The molecule has 0 bridgehead atoms. The lowest BCUT2D eigenvalue weighted by atomic mass is 10.2. The van der Waals surface area contributed by atoms with Crippen LogP contribution in [0.3, 0.4) is 0 Å². The molecule has 0 heterocycles. The van der Waals surface area contributed by atoms with Crippen LogP contribution < -0.4 is 20.1 Å². The van der Waals surface area contributed by atoms with Crippen molar-refractivity contribution in [3.63, 3.8) is 0 Å². The maximum atomic E-state index is 11.6. The van der Waals surface area contributed by atoms with Gasteiger partial charge in [-0.25, -0.2) is 4.79 Å². The molecule has 0 saturated heterocycles. The summed E-state index contributed by atoms with van der Waals surface area (Å²) in [6, 6.07) is 5.61. The highest BCUT2D eigenvalue weighted by atomic mass is 16.6. The molecule has 1 amide bonds. The normalized spacial score (nSPS) is 12.4. The van der Waals surface area contributed by atoms with E-state index < -0.39 is 18.1 Å². The molecule has 0 radical (unpaired) electrons. The molecule has 8 heteroatoms. The van der Waals surface area contributed by atoms with E-state index >= 15 is 0 Å². The van der Waals surface area contributed by atoms with Gasteiger partial charge in [-0.15, -0.1) is 0 Å². The third-order valence-corrected chi connectivity index (χ3v) is 3.13. The maximum Gasteiger partial charge on any atom is 0.407 e. The average molecular weight is 384 g/mol. The van der Waals surface area contributed by atoms with Crippen molar-refractivity contribution in [3.05, 3.63) is 23.8 Å². The minimum atomic E-state index is -1.01. The molecule has 1 rings (SSSR count). The summed E-state index contributed by atoms with van der Waals surface area (Å²) < 4.78 is 21.6. The zero-order valence-corrected chi connectivity index (χ0v) is 16.8. The van der Waals surface area contributed by atoms with Gasteiger partial charge < -0.3 is 29.4 Å². The van der Waals surface area contributed by atoms with Crippen LogP contribution in [0.4, 0.5) is 4.79 Å². The molecule has 0 aliphatic carbocycles. The number of benzene rings is 1. The van der Waals surface area contributed by atoms with Crippen LogP contribution in [0.15, 0.2) is 18.2 Å². The number of hydrogen-bond acceptors (Lipinski definition) is 7. The van der Waals surface area contributed by atoms with Crippen molar-refractivity contribution >= 4 is 6.09 Å². The molecule has 1 atom stereocenters. The van der Waals surface area contributed by atoms with Crippen LogP contribution in [0, 0.1) is 6.92 Å². The van der Waals surface area contributed by atoms with E-state index in [1.54, 1.807) is 27.7 Å². The number of amides is 1. The van der Waals surface area contributed by atoms with Crippen molar-refractivity contribution < 1.29 is 28.8 Å². The standard InChI is InChI=1S/C19H32N2O6/c1-6-24-17(22)20-9-12-26-16-13-14(2)7-8-15(16)25-11-10-21-18(23)27-19(3,4)5/h7-8,13,17,20,22H,6,9-12H2,1-5H3,(H,21,23). The second kappa shape index (κ2) is 11.6. The smallest absolute Gasteiger partial charge is 0.407 e. The van der Waals surface area contributed by atoms with Crippen LogP contribution in [0.5, 0.6) is 11.5 Å². The molecule has 8 nitrogen and oxygen atoms in total. The lowest BCUT2D eigenvalue weighted by Gasteiger charge is -2.20. The van der Waals surface area contributed by atoms with E-state index in [-0.39, 0.29) is 6.61 Å². The summed E-state index contributed by atoms with van der Waals surface area (Å²) in [4.78, 5) is 11.6. The van der Waals surface area contributed by atoms with E-state index in [4.69, 9.17) is 18.9 Å². The molecule has 1 aromatic rings. The number of hydrogen-bond donors (Lipinski definition) is 3. The van der Waals surface area contributed by atoms with Gasteiger partial charge in [0.25, 0.3) is 0 Å². The van der Waals surface area contributed by atoms with Gasteiger partial charge in [0, 0.05) is 13.2 Å². The summed E-state index contributed by atoms with van der Waals surface area (Å²) in [7, 11) is 0. The molecule has 0 saturated carbocycles. The zero-order valence-electron chi connectivity index (χ0n) is 16.8. The number of nitrogens with one attached hydrogen (secondary N) is 2. The molecular formula is C19H32N2O6. The van der Waals surface area contributed by atoms with Gasteiger partial charge in [-0.1, -0.05) is 6.07 Å². The molecule has 1 unspecified atom stereocenters. The molecule has 1 aromatic carbocycles. The lowest BCUT2D eigenvalue weighted by molar-refractivity contribution is -0.116. The summed E-state index contributed by atoms with van der Waals surface area (Å²) in [6.45, 7) is 10.9. The number of carbonyl (C=O) groups is 1. The highest BCUT2D eigenvalue weighted by molar-refractivity contribution is 5.67. The third-order valence-electron chi connectivity index (χ3n) is 3.13. The first-order valence-electron chi connectivity index (χ1n) is 9.07. The summed E-state index contributed by atoms with van der Waals surface area (Å²) in [6.07, 6.45) is -1.49. The fourth-order valence-electron chi connectivity index (χ4n) is 2.04. The first-order valence-corrected chi connectivity index (χ1v) is 9.07. The van der Waals surface area contributed by atoms with Crippen molar-refractivity contribution in [1.82, 2.24) is 10.6 Å². The van der Waals surface area contributed by atoms with Crippen molar-refractivity contribution in [3.8, 4) is 11.5 Å². The molecule has 0 aliphatic heterocycles. The highest BCUT2D eigenvalue weighted by Crippen LogP contribution is 2.28. The number of alkyl carbamates (subject to hydrolysis) is 1. The van der Waals surface area contributed by atoms with Gasteiger partial charge in [-0.05, 0) is 52.3 Å². The van der Waals surface area contributed by atoms with Crippen molar-refractivity contribution in [2.24, 2.45) is 0 Å². The summed E-state index contributed by atoms with van der Waals surface area (Å²) in [5.74, 6) is 1.18. The van der Waals surface area contributed by atoms with E-state index in [0.29, 0.717) is 37.8 Å². The van der Waals surface area contributed by atoms with Gasteiger partial charge in [-0.3, -0.25) is 5.32 Å². The van der Waals surface area contributed by atoms with E-state index in [9.17, 15) is 9.90 Å². The lowest BCUT2D eigenvalue weighted by Crippen LogP contribution is -2.35. The molecule has 0 aliphatic rings. The van der Waals surface area contributed by atoms with Crippen molar-refractivity contribution in [2.45, 2.75) is 46.6 Å². The molecule has 154 valence electrons. The quantitative estimate of drug-likeness (QED) is 0.397. The minimum absolute atomic E-state index is 0.278. The predicted molar refractivity (Wildman–Crippen MR) is 102 cm³/mol. The number of rotatable bonds is 11. The average Bonchev–Trinajstić information content (AvgIpc) is 2.55.